The summed E-state index contributed by atoms with van der Waals surface area (Å²) < 4.78 is 5.76. The Kier molecular flexibility index (Phi) is 3.40. The van der Waals surface area contributed by atoms with Crippen LogP contribution >= 0.6 is 0 Å². The third kappa shape index (κ3) is 2.72. The first-order chi connectivity index (χ1) is 9.22. The summed E-state index contributed by atoms with van der Waals surface area (Å²) in [5, 5.41) is 15.3. The van der Waals surface area contributed by atoms with E-state index in [1.807, 2.05) is 24.3 Å². The highest BCUT2D eigenvalue weighted by atomic mass is 16.5. The van der Waals surface area contributed by atoms with E-state index >= 15 is 0 Å². The van der Waals surface area contributed by atoms with Gasteiger partial charge in [-0.05, 0) is 18.1 Å². The fourth-order valence-electron chi connectivity index (χ4n) is 2.62. The molecular formula is C14H18N2O3. The zero-order valence-corrected chi connectivity index (χ0v) is 10.6. The summed E-state index contributed by atoms with van der Waals surface area (Å²) in [7, 11) is 0. The van der Waals surface area contributed by atoms with E-state index in [-0.39, 0.29) is 18.1 Å². The van der Waals surface area contributed by atoms with Crippen LogP contribution in [0.25, 0.3) is 0 Å². The van der Waals surface area contributed by atoms with Gasteiger partial charge >= 0.3 is 0 Å². The molecule has 0 aliphatic carbocycles. The first-order valence-corrected chi connectivity index (χ1v) is 6.66. The minimum absolute atomic E-state index is 0.00711. The predicted molar refractivity (Wildman–Crippen MR) is 70.0 cm³/mol. The maximum atomic E-state index is 11.9. The molecule has 5 heteroatoms. The molecular weight excluding hydrogens is 244 g/mol. The molecule has 19 heavy (non-hydrogen) atoms. The number of nitrogens with one attached hydrogen (secondary N) is 2. The molecule has 1 saturated heterocycles. The van der Waals surface area contributed by atoms with Crippen LogP contribution in [0, 0.1) is 0 Å². The SMILES string of the molecule is O=C(NCC1Cc2ccccc2O1)C1CC(O)CN1. The molecule has 0 spiro atoms. The highest BCUT2D eigenvalue weighted by Crippen LogP contribution is 2.27. The van der Waals surface area contributed by atoms with Crippen LogP contribution in [0.2, 0.25) is 0 Å². The second kappa shape index (κ2) is 5.19. The molecule has 2 heterocycles. The molecule has 0 saturated carbocycles. The molecule has 3 N–H and O–H groups in total. The number of fused-ring (bicyclic) bond motifs is 1. The molecule has 0 bridgehead atoms. The number of rotatable bonds is 3. The number of carbonyl (C=O) groups is 1. The van der Waals surface area contributed by atoms with E-state index in [0.29, 0.717) is 19.5 Å². The molecule has 102 valence electrons. The van der Waals surface area contributed by atoms with Gasteiger partial charge in [0.15, 0.2) is 0 Å². The van der Waals surface area contributed by atoms with Gasteiger partial charge in [0.05, 0.1) is 18.7 Å². The van der Waals surface area contributed by atoms with Crippen molar-refractivity contribution in [3.8, 4) is 5.75 Å². The number of aliphatic hydroxyl groups excluding tert-OH is 1. The van der Waals surface area contributed by atoms with E-state index in [1.54, 1.807) is 0 Å². The van der Waals surface area contributed by atoms with Gasteiger partial charge in [-0.1, -0.05) is 18.2 Å². The molecule has 3 rings (SSSR count). The van der Waals surface area contributed by atoms with Crippen molar-refractivity contribution < 1.29 is 14.6 Å². The lowest BCUT2D eigenvalue weighted by Gasteiger charge is -2.14. The molecule has 1 amide bonds. The minimum Gasteiger partial charge on any atom is -0.488 e. The fourth-order valence-corrected chi connectivity index (χ4v) is 2.62. The van der Waals surface area contributed by atoms with Crippen molar-refractivity contribution in [1.29, 1.82) is 0 Å². The van der Waals surface area contributed by atoms with Gasteiger partial charge in [0.25, 0.3) is 0 Å². The molecule has 0 aromatic heterocycles. The van der Waals surface area contributed by atoms with Crippen molar-refractivity contribution in [3.05, 3.63) is 29.8 Å². The van der Waals surface area contributed by atoms with Crippen LogP contribution in [0.1, 0.15) is 12.0 Å². The topological polar surface area (TPSA) is 70.6 Å². The molecule has 5 nitrogen and oxygen atoms in total. The smallest absolute Gasteiger partial charge is 0.237 e. The van der Waals surface area contributed by atoms with Crippen LogP contribution in [-0.2, 0) is 11.2 Å². The van der Waals surface area contributed by atoms with Gasteiger partial charge in [0.2, 0.25) is 5.91 Å². The lowest BCUT2D eigenvalue weighted by Crippen LogP contribution is -2.44. The van der Waals surface area contributed by atoms with Gasteiger partial charge in [-0.15, -0.1) is 0 Å². The second-order valence-corrected chi connectivity index (χ2v) is 5.15. The van der Waals surface area contributed by atoms with Crippen molar-refractivity contribution >= 4 is 5.91 Å². The number of carbonyl (C=O) groups excluding carboxylic acids is 1. The van der Waals surface area contributed by atoms with Gasteiger partial charge in [0.1, 0.15) is 11.9 Å². The third-order valence-corrected chi connectivity index (χ3v) is 3.64. The van der Waals surface area contributed by atoms with Crippen LogP contribution in [0.15, 0.2) is 24.3 Å². The Hall–Kier alpha value is -1.59. The Morgan fingerprint density at radius 1 is 1.47 bits per heavy atom. The van der Waals surface area contributed by atoms with Crippen LogP contribution in [0.3, 0.4) is 0 Å². The standard InChI is InChI=1S/C14H18N2O3/c17-10-6-12(15-7-10)14(18)16-8-11-5-9-3-1-2-4-13(9)19-11/h1-4,10-12,15,17H,5-8H2,(H,16,18). The fraction of sp³-hybridized carbons (Fsp3) is 0.500. The van der Waals surface area contributed by atoms with Crippen molar-refractivity contribution in [1.82, 2.24) is 10.6 Å². The minimum atomic E-state index is -0.414. The molecule has 2 aliphatic rings. The van der Waals surface area contributed by atoms with Gasteiger partial charge in [0, 0.05) is 13.0 Å². The van der Waals surface area contributed by atoms with Gasteiger partial charge in [-0.2, -0.15) is 0 Å². The maximum Gasteiger partial charge on any atom is 0.237 e. The van der Waals surface area contributed by atoms with Crippen molar-refractivity contribution in [2.24, 2.45) is 0 Å². The monoisotopic (exact) mass is 262 g/mol. The average Bonchev–Trinajstić information content (AvgIpc) is 3.01. The van der Waals surface area contributed by atoms with Gasteiger partial charge in [-0.3, -0.25) is 4.79 Å². The lowest BCUT2D eigenvalue weighted by atomic mass is 10.1. The third-order valence-electron chi connectivity index (χ3n) is 3.64. The van der Waals surface area contributed by atoms with Crippen LogP contribution < -0.4 is 15.4 Å². The quantitative estimate of drug-likeness (QED) is 0.707. The Bertz CT molecular complexity index is 453. The number of benzene rings is 1. The summed E-state index contributed by atoms with van der Waals surface area (Å²) in [6.07, 6.45) is 0.907. The summed E-state index contributed by atoms with van der Waals surface area (Å²) >= 11 is 0. The Morgan fingerprint density at radius 3 is 3.05 bits per heavy atom. The van der Waals surface area contributed by atoms with E-state index in [9.17, 15) is 9.90 Å². The molecule has 3 unspecified atom stereocenters. The molecule has 1 aromatic carbocycles. The molecule has 0 radical (unpaired) electrons. The molecule has 1 aromatic rings. The van der Waals surface area contributed by atoms with E-state index in [1.165, 1.54) is 5.56 Å². The summed E-state index contributed by atoms with van der Waals surface area (Å²) in [6.45, 7) is 0.991. The van der Waals surface area contributed by atoms with Crippen LogP contribution in [-0.4, -0.2) is 42.4 Å². The van der Waals surface area contributed by atoms with Crippen LogP contribution in [0.4, 0.5) is 0 Å². The molecule has 1 fully saturated rings. The Labute approximate surface area is 112 Å². The van der Waals surface area contributed by atoms with E-state index in [2.05, 4.69) is 10.6 Å². The number of hydrogen-bond acceptors (Lipinski definition) is 4. The Balaban J connectivity index is 1.48. The highest BCUT2D eigenvalue weighted by Gasteiger charge is 2.29. The normalized spacial score (nSPS) is 28.8. The van der Waals surface area contributed by atoms with Crippen LogP contribution in [0.5, 0.6) is 5.75 Å². The second-order valence-electron chi connectivity index (χ2n) is 5.15. The van der Waals surface area contributed by atoms with E-state index in [4.69, 9.17) is 4.74 Å². The summed E-state index contributed by atoms with van der Waals surface area (Å²) in [5.74, 6) is 0.854. The van der Waals surface area contributed by atoms with E-state index in [0.717, 1.165) is 12.2 Å². The largest absolute Gasteiger partial charge is 0.488 e. The average molecular weight is 262 g/mol. The van der Waals surface area contributed by atoms with E-state index < -0.39 is 6.10 Å². The van der Waals surface area contributed by atoms with Crippen molar-refractivity contribution in [2.45, 2.75) is 31.1 Å². The predicted octanol–water partition coefficient (Wildman–Crippen LogP) is -0.171. The molecule has 2 aliphatic heterocycles. The summed E-state index contributed by atoms with van der Waals surface area (Å²) in [5.41, 5.74) is 1.19. The zero-order chi connectivity index (χ0) is 13.2. The first kappa shape index (κ1) is 12.4. The number of β-amino-alcohol motifs (C(OH)–C–C–N with tert-alkyl or cyclic N) is 1. The number of aliphatic hydroxyl groups is 1. The van der Waals surface area contributed by atoms with Crippen molar-refractivity contribution in [3.63, 3.8) is 0 Å². The maximum absolute atomic E-state index is 11.9. The number of ether oxygens (including phenoxy) is 1. The summed E-state index contributed by atoms with van der Waals surface area (Å²) in [4.78, 5) is 11.9. The number of hydrogen-bond donors (Lipinski definition) is 3. The summed E-state index contributed by atoms with van der Waals surface area (Å²) in [6, 6.07) is 7.66. The Morgan fingerprint density at radius 2 is 2.32 bits per heavy atom. The van der Waals surface area contributed by atoms with Gasteiger partial charge in [-0.25, -0.2) is 0 Å². The number of para-hydroxylation sites is 1. The van der Waals surface area contributed by atoms with Gasteiger partial charge < -0.3 is 20.5 Å². The first-order valence-electron chi connectivity index (χ1n) is 6.66. The zero-order valence-electron chi connectivity index (χ0n) is 10.6. The lowest BCUT2D eigenvalue weighted by molar-refractivity contribution is -0.123. The number of amides is 1. The van der Waals surface area contributed by atoms with Crippen molar-refractivity contribution in [2.75, 3.05) is 13.1 Å². The molecule has 3 atom stereocenters. The highest BCUT2D eigenvalue weighted by molar-refractivity contribution is 5.82.